The van der Waals surface area contributed by atoms with Gasteiger partial charge in [-0.25, -0.2) is 4.90 Å². The van der Waals surface area contributed by atoms with E-state index in [1.54, 1.807) is 42.5 Å². The quantitative estimate of drug-likeness (QED) is 0.417. The summed E-state index contributed by atoms with van der Waals surface area (Å²) in [5.41, 5.74) is 0.586. The number of anilines is 2. The van der Waals surface area contributed by atoms with Gasteiger partial charge in [-0.3, -0.25) is 24.5 Å². The first-order valence-electron chi connectivity index (χ1n) is 8.60. The van der Waals surface area contributed by atoms with Crippen molar-refractivity contribution in [1.82, 2.24) is 0 Å². The molecule has 29 heavy (non-hydrogen) atoms. The molecular weight excluding hydrogens is 374 g/mol. The van der Waals surface area contributed by atoms with Gasteiger partial charge in [0.25, 0.3) is 23.4 Å². The van der Waals surface area contributed by atoms with Crippen LogP contribution in [0.3, 0.4) is 0 Å². The van der Waals surface area contributed by atoms with E-state index in [9.17, 15) is 24.5 Å². The van der Waals surface area contributed by atoms with Crippen molar-refractivity contribution in [3.05, 3.63) is 99.6 Å². The Morgan fingerprint density at radius 3 is 2.21 bits per heavy atom. The molecule has 0 saturated heterocycles. The van der Waals surface area contributed by atoms with Crippen molar-refractivity contribution in [1.29, 1.82) is 0 Å². The predicted octanol–water partition coefficient (Wildman–Crippen LogP) is 3.65. The van der Waals surface area contributed by atoms with Crippen LogP contribution >= 0.6 is 0 Å². The van der Waals surface area contributed by atoms with Gasteiger partial charge in [0.05, 0.1) is 16.2 Å². The molecular formula is C21H13N3O5. The summed E-state index contributed by atoms with van der Waals surface area (Å²) in [4.78, 5) is 49.0. The molecule has 3 aromatic carbocycles. The molecule has 0 spiro atoms. The molecule has 0 fully saturated rings. The average Bonchev–Trinajstić information content (AvgIpc) is 2.99. The maximum Gasteiger partial charge on any atom is 0.283 e. The van der Waals surface area contributed by atoms with Crippen LogP contribution in [-0.4, -0.2) is 22.6 Å². The Hall–Kier alpha value is -4.33. The molecule has 1 aliphatic heterocycles. The first-order chi connectivity index (χ1) is 14.0. The van der Waals surface area contributed by atoms with Crippen LogP contribution in [0.15, 0.2) is 72.8 Å². The lowest BCUT2D eigenvalue weighted by atomic mass is 10.1. The highest BCUT2D eigenvalue weighted by atomic mass is 16.6. The molecule has 4 rings (SSSR count). The van der Waals surface area contributed by atoms with Gasteiger partial charge in [-0.05, 0) is 42.5 Å². The SMILES string of the molecule is O=C(Nc1ccc(N2C(=O)c3cccc([N+](=O)[O-])c3C2=O)cc1)c1ccccc1. The monoisotopic (exact) mass is 387 g/mol. The van der Waals surface area contributed by atoms with Crippen LogP contribution < -0.4 is 10.2 Å². The van der Waals surface area contributed by atoms with Gasteiger partial charge in [0.15, 0.2) is 0 Å². The summed E-state index contributed by atoms with van der Waals surface area (Å²) in [6.45, 7) is 0. The molecule has 0 bridgehead atoms. The molecule has 0 aliphatic carbocycles. The minimum absolute atomic E-state index is 0.00865. The Morgan fingerprint density at radius 1 is 0.862 bits per heavy atom. The second-order valence-electron chi connectivity index (χ2n) is 6.27. The van der Waals surface area contributed by atoms with Crippen LogP contribution in [0.25, 0.3) is 0 Å². The van der Waals surface area contributed by atoms with E-state index in [0.717, 1.165) is 4.90 Å². The second-order valence-corrected chi connectivity index (χ2v) is 6.27. The Kier molecular flexibility index (Phi) is 4.36. The molecule has 1 N–H and O–H groups in total. The molecule has 0 unspecified atom stereocenters. The number of nitro groups is 1. The molecule has 0 saturated carbocycles. The van der Waals surface area contributed by atoms with E-state index in [4.69, 9.17) is 0 Å². The molecule has 8 nitrogen and oxygen atoms in total. The molecule has 1 aliphatic rings. The highest BCUT2D eigenvalue weighted by molar-refractivity contribution is 6.35. The molecule has 142 valence electrons. The lowest BCUT2D eigenvalue weighted by Crippen LogP contribution is -2.29. The van der Waals surface area contributed by atoms with Crippen LogP contribution in [0.4, 0.5) is 17.1 Å². The fourth-order valence-corrected chi connectivity index (χ4v) is 3.14. The minimum atomic E-state index is -0.752. The fourth-order valence-electron chi connectivity index (χ4n) is 3.14. The van der Waals surface area contributed by atoms with Crippen LogP contribution in [-0.2, 0) is 0 Å². The van der Waals surface area contributed by atoms with Gasteiger partial charge in [0.2, 0.25) is 0 Å². The summed E-state index contributed by atoms with van der Waals surface area (Å²) in [5, 5.41) is 13.9. The number of rotatable bonds is 4. The third-order valence-corrected chi connectivity index (χ3v) is 4.51. The number of hydrogen-bond donors (Lipinski definition) is 1. The predicted molar refractivity (Wildman–Crippen MR) is 105 cm³/mol. The summed E-state index contributed by atoms with van der Waals surface area (Å²) in [5.74, 6) is -1.68. The number of hydrogen-bond acceptors (Lipinski definition) is 5. The van der Waals surface area contributed by atoms with Crippen molar-refractivity contribution in [3.63, 3.8) is 0 Å². The number of nitro benzene ring substituents is 1. The zero-order valence-electron chi connectivity index (χ0n) is 14.9. The molecule has 0 radical (unpaired) electrons. The van der Waals surface area contributed by atoms with Gasteiger partial charge in [-0.15, -0.1) is 0 Å². The van der Waals surface area contributed by atoms with Crippen molar-refractivity contribution < 1.29 is 19.3 Å². The second kappa shape index (κ2) is 7.01. The molecule has 1 heterocycles. The summed E-state index contributed by atoms with van der Waals surface area (Å²) >= 11 is 0. The third kappa shape index (κ3) is 3.12. The first-order valence-corrected chi connectivity index (χ1v) is 8.60. The zero-order chi connectivity index (χ0) is 20.5. The maximum atomic E-state index is 12.7. The van der Waals surface area contributed by atoms with Gasteiger partial charge in [-0.1, -0.05) is 24.3 Å². The average molecular weight is 387 g/mol. The van der Waals surface area contributed by atoms with E-state index >= 15 is 0 Å². The highest BCUT2D eigenvalue weighted by Gasteiger charge is 2.41. The van der Waals surface area contributed by atoms with E-state index < -0.39 is 22.4 Å². The summed E-state index contributed by atoms with van der Waals surface area (Å²) in [7, 11) is 0. The number of benzene rings is 3. The van der Waals surface area contributed by atoms with E-state index in [1.165, 1.54) is 30.3 Å². The first kappa shape index (κ1) is 18.1. The lowest BCUT2D eigenvalue weighted by molar-refractivity contribution is -0.385. The maximum absolute atomic E-state index is 12.7. The smallest absolute Gasteiger partial charge is 0.283 e. The van der Waals surface area contributed by atoms with Gasteiger partial charge < -0.3 is 5.32 Å². The van der Waals surface area contributed by atoms with Gasteiger partial charge in [0.1, 0.15) is 5.56 Å². The standard InChI is InChI=1S/C21H13N3O5/c25-19(13-5-2-1-3-6-13)22-14-9-11-15(12-10-14)23-20(26)16-7-4-8-17(24(28)29)18(16)21(23)27/h1-12H,(H,22,25). The third-order valence-electron chi connectivity index (χ3n) is 4.51. The Morgan fingerprint density at radius 2 is 1.55 bits per heavy atom. The molecule has 0 aromatic heterocycles. The summed E-state index contributed by atoms with van der Waals surface area (Å²) in [6.07, 6.45) is 0. The van der Waals surface area contributed by atoms with Gasteiger partial charge in [0, 0.05) is 17.3 Å². The van der Waals surface area contributed by atoms with Crippen LogP contribution in [0.2, 0.25) is 0 Å². The van der Waals surface area contributed by atoms with Crippen molar-refractivity contribution in [2.45, 2.75) is 0 Å². The van der Waals surface area contributed by atoms with Crippen molar-refractivity contribution >= 4 is 34.8 Å². The normalized spacial score (nSPS) is 12.6. The Balaban J connectivity index is 1.59. The van der Waals surface area contributed by atoms with E-state index in [-0.39, 0.29) is 22.7 Å². The van der Waals surface area contributed by atoms with Crippen molar-refractivity contribution in [2.24, 2.45) is 0 Å². The summed E-state index contributed by atoms with van der Waals surface area (Å²) < 4.78 is 0. The largest absolute Gasteiger partial charge is 0.322 e. The van der Waals surface area contributed by atoms with Gasteiger partial charge in [-0.2, -0.15) is 0 Å². The van der Waals surface area contributed by atoms with Crippen LogP contribution in [0.5, 0.6) is 0 Å². The Labute approximate surface area is 164 Å². The molecule has 8 heteroatoms. The number of carbonyl (C=O) groups is 3. The number of carbonyl (C=O) groups excluding carboxylic acids is 3. The Bertz CT molecular complexity index is 1160. The van der Waals surface area contributed by atoms with Crippen LogP contribution in [0.1, 0.15) is 31.1 Å². The van der Waals surface area contributed by atoms with Gasteiger partial charge >= 0.3 is 0 Å². The van der Waals surface area contributed by atoms with E-state index in [1.807, 2.05) is 0 Å². The number of nitrogens with zero attached hydrogens (tertiary/aromatic N) is 2. The number of amides is 3. The molecule has 0 atom stereocenters. The topological polar surface area (TPSA) is 110 Å². The van der Waals surface area contributed by atoms with E-state index in [0.29, 0.717) is 11.3 Å². The highest BCUT2D eigenvalue weighted by Crippen LogP contribution is 2.34. The number of fused-ring (bicyclic) bond motifs is 1. The van der Waals surface area contributed by atoms with Crippen molar-refractivity contribution in [2.75, 3.05) is 10.2 Å². The summed E-state index contributed by atoms with van der Waals surface area (Å²) in [6, 6.07) is 18.7. The number of imide groups is 1. The van der Waals surface area contributed by atoms with Crippen molar-refractivity contribution in [3.8, 4) is 0 Å². The van der Waals surface area contributed by atoms with E-state index in [2.05, 4.69) is 5.32 Å². The molecule has 3 amide bonds. The van der Waals surface area contributed by atoms with Crippen LogP contribution in [0, 0.1) is 10.1 Å². The minimum Gasteiger partial charge on any atom is -0.322 e. The number of nitrogens with one attached hydrogen (secondary N) is 1. The fraction of sp³-hybridized carbons (Fsp3) is 0. The zero-order valence-corrected chi connectivity index (χ0v) is 14.9. The molecule has 3 aromatic rings. The lowest BCUT2D eigenvalue weighted by Gasteiger charge is -2.14.